The van der Waals surface area contributed by atoms with Gasteiger partial charge in [0, 0.05) is 43.5 Å². The Bertz CT molecular complexity index is 1870. The number of hydrogen-bond donors (Lipinski definition) is 1. The molecule has 2 heterocycles. The monoisotopic (exact) mass is 746 g/mol. The van der Waals surface area contributed by atoms with E-state index in [2.05, 4.69) is 62.4 Å². The van der Waals surface area contributed by atoms with Crippen molar-refractivity contribution in [2.75, 3.05) is 0 Å². The largest absolute Gasteiger partial charge is 0.512 e. The van der Waals surface area contributed by atoms with Crippen LogP contribution in [0.4, 0.5) is 0 Å². The van der Waals surface area contributed by atoms with E-state index in [1.165, 1.54) is 30.9 Å². The molecule has 0 aliphatic heterocycles. The first-order valence-electron chi connectivity index (χ1n) is 14.0. The molecule has 0 aliphatic rings. The number of fused-ring (bicyclic) bond motifs is 2. The van der Waals surface area contributed by atoms with Gasteiger partial charge in [0.05, 0.1) is 11.3 Å². The second-order valence-electron chi connectivity index (χ2n) is 10.7. The maximum Gasteiger partial charge on any atom is 0.216 e. The van der Waals surface area contributed by atoms with Gasteiger partial charge in [0.25, 0.3) is 0 Å². The predicted molar refractivity (Wildman–Crippen MR) is 170 cm³/mol. The third-order valence-electron chi connectivity index (χ3n) is 6.66. The van der Waals surface area contributed by atoms with E-state index in [9.17, 15) is 4.79 Å². The van der Waals surface area contributed by atoms with E-state index in [-0.39, 0.29) is 31.6 Å². The topological polar surface area (TPSA) is 76.2 Å². The quantitative estimate of drug-likeness (QED) is 0.105. The summed E-state index contributed by atoms with van der Waals surface area (Å²) in [6.45, 7) is 7.35. The van der Waals surface area contributed by atoms with Crippen LogP contribution < -0.4 is 0 Å². The summed E-state index contributed by atoms with van der Waals surface area (Å²) in [5.74, 6) is 1.15. The van der Waals surface area contributed by atoms with E-state index in [0.717, 1.165) is 45.3 Å². The molecule has 0 spiro atoms. The summed E-state index contributed by atoms with van der Waals surface area (Å²) < 4.78 is 6.31. The van der Waals surface area contributed by atoms with Crippen molar-refractivity contribution in [3.63, 3.8) is 0 Å². The number of ketones is 1. The Morgan fingerprint density at radius 1 is 0.930 bits per heavy atom. The van der Waals surface area contributed by atoms with Gasteiger partial charge in [-0.2, -0.15) is 0 Å². The maximum atomic E-state index is 10.0. The number of aromatic nitrogens is 2. The standard InChI is InChI=1S/C32H25N2O.C5H8O2.Ir/c1-21(2)17-22-13-14-27-25(18-22)15-16-33-30(27)26-19-28(23-9-5-3-6-10-23)31-29(20-26)34-32(35-31)24-11-7-4-8-12-24;1-4(6)3-5(2)7;/h3-16,18-19,21H,17H2,1-2H3;3,6H,1-2H3;/q-1;;/b;4-3-;. The average Bonchev–Trinajstić information content (AvgIpc) is 3.41. The summed E-state index contributed by atoms with van der Waals surface area (Å²) in [5, 5.41) is 10.7. The Hall–Kier alpha value is -4.38. The molecule has 219 valence electrons. The maximum absolute atomic E-state index is 10.0. The molecule has 0 bridgehead atoms. The van der Waals surface area contributed by atoms with Crippen LogP contribution in [0.3, 0.4) is 0 Å². The fourth-order valence-electron chi connectivity index (χ4n) is 4.96. The molecule has 0 aliphatic carbocycles. The molecule has 1 radical (unpaired) electrons. The number of aliphatic hydroxyl groups is 1. The second kappa shape index (κ2) is 14.2. The molecule has 0 unspecified atom stereocenters. The Labute approximate surface area is 265 Å². The van der Waals surface area contributed by atoms with E-state index in [0.29, 0.717) is 17.3 Å². The molecule has 0 fully saturated rings. The zero-order valence-corrected chi connectivity index (χ0v) is 27.0. The molecule has 6 aromatic rings. The Morgan fingerprint density at radius 3 is 2.21 bits per heavy atom. The van der Waals surface area contributed by atoms with Gasteiger partial charge in [0.2, 0.25) is 5.89 Å². The predicted octanol–water partition coefficient (Wildman–Crippen LogP) is 9.41. The minimum atomic E-state index is -0.125. The molecular formula is C37H33IrN2O3-. The summed E-state index contributed by atoms with van der Waals surface area (Å²) in [6.07, 6.45) is 4.11. The van der Waals surface area contributed by atoms with Gasteiger partial charge >= 0.3 is 0 Å². The second-order valence-corrected chi connectivity index (χ2v) is 10.7. The van der Waals surface area contributed by atoms with E-state index in [4.69, 9.17) is 19.5 Å². The summed E-state index contributed by atoms with van der Waals surface area (Å²) in [6, 6.07) is 34.7. The molecule has 1 N–H and O–H groups in total. The molecule has 5 nitrogen and oxygen atoms in total. The fraction of sp³-hybridized carbons (Fsp3) is 0.162. The van der Waals surface area contributed by atoms with Gasteiger partial charge in [0.1, 0.15) is 0 Å². The summed E-state index contributed by atoms with van der Waals surface area (Å²) in [4.78, 5) is 19.6. The number of carbonyl (C=O) groups excluding carboxylic acids is 1. The number of carbonyl (C=O) groups is 1. The van der Waals surface area contributed by atoms with Crippen molar-refractivity contribution in [2.24, 2.45) is 5.92 Å². The first-order chi connectivity index (χ1) is 20.3. The first-order valence-corrected chi connectivity index (χ1v) is 14.0. The van der Waals surface area contributed by atoms with Crippen molar-refractivity contribution in [2.45, 2.75) is 34.1 Å². The van der Waals surface area contributed by atoms with E-state index in [1.54, 1.807) is 0 Å². The Balaban J connectivity index is 0.000000475. The van der Waals surface area contributed by atoms with Crippen LogP contribution in [-0.2, 0) is 31.3 Å². The number of allylic oxidation sites excluding steroid dienone is 2. The molecule has 43 heavy (non-hydrogen) atoms. The van der Waals surface area contributed by atoms with E-state index < -0.39 is 0 Å². The van der Waals surface area contributed by atoms with Gasteiger partial charge in [-0.15, -0.1) is 17.7 Å². The summed E-state index contributed by atoms with van der Waals surface area (Å²) in [5.41, 5.74) is 7.60. The smallest absolute Gasteiger partial charge is 0.216 e. The van der Waals surface area contributed by atoms with Crippen LogP contribution in [0.5, 0.6) is 0 Å². The molecule has 2 aromatic heterocycles. The van der Waals surface area contributed by atoms with Crippen molar-refractivity contribution < 1.29 is 34.4 Å². The number of pyridine rings is 1. The third kappa shape index (κ3) is 7.72. The zero-order valence-electron chi connectivity index (χ0n) is 24.6. The van der Waals surface area contributed by atoms with Crippen LogP contribution >= 0.6 is 0 Å². The minimum absolute atomic E-state index is 0. The third-order valence-corrected chi connectivity index (χ3v) is 6.66. The molecule has 0 saturated heterocycles. The first kappa shape index (κ1) is 31.6. The summed E-state index contributed by atoms with van der Waals surface area (Å²) in [7, 11) is 0. The van der Waals surface area contributed by atoms with Crippen LogP contribution in [0, 0.1) is 12.0 Å². The average molecular weight is 746 g/mol. The number of oxazole rings is 1. The van der Waals surface area contributed by atoms with Crippen molar-refractivity contribution >= 4 is 27.7 Å². The zero-order chi connectivity index (χ0) is 29.6. The molecular weight excluding hydrogens is 713 g/mol. The minimum Gasteiger partial charge on any atom is -0.512 e. The van der Waals surface area contributed by atoms with Crippen LogP contribution in [0.1, 0.15) is 33.3 Å². The number of rotatable bonds is 6. The van der Waals surface area contributed by atoms with Crippen molar-refractivity contribution in [3.8, 4) is 33.8 Å². The van der Waals surface area contributed by atoms with Gasteiger partial charge in [-0.05, 0) is 72.0 Å². The Kier molecular flexibility index (Phi) is 10.4. The van der Waals surface area contributed by atoms with Gasteiger partial charge in [0.15, 0.2) is 5.78 Å². The SMILES string of the molecule is CC(=O)/C=C(/C)O.CC(C)Cc1ccc2c(-c3[c-]c4nc(-c5ccccc5)oc4c(-c4ccccc4)c3)nccc2c1.[Ir]. The number of hydrogen-bond acceptors (Lipinski definition) is 5. The number of aliphatic hydroxyl groups excluding tert-OH is 1. The van der Waals surface area contributed by atoms with Crippen molar-refractivity contribution in [3.05, 3.63) is 121 Å². The van der Waals surface area contributed by atoms with E-state index >= 15 is 0 Å². The van der Waals surface area contributed by atoms with Gasteiger partial charge < -0.3 is 14.5 Å². The molecule has 0 amide bonds. The van der Waals surface area contributed by atoms with Gasteiger partial charge in [-0.25, -0.2) is 4.98 Å². The van der Waals surface area contributed by atoms with Gasteiger partial charge in [-0.1, -0.05) is 86.1 Å². The molecule has 0 saturated carbocycles. The summed E-state index contributed by atoms with van der Waals surface area (Å²) >= 11 is 0. The number of benzene rings is 4. The molecule has 6 rings (SSSR count). The van der Waals surface area contributed by atoms with Crippen LogP contribution in [0.2, 0.25) is 0 Å². The van der Waals surface area contributed by atoms with Gasteiger partial charge in [-0.3, -0.25) is 4.79 Å². The fourth-order valence-corrected chi connectivity index (χ4v) is 4.96. The normalized spacial score (nSPS) is 11.2. The van der Waals surface area contributed by atoms with Crippen LogP contribution in [0.25, 0.3) is 55.7 Å². The molecule has 4 aromatic carbocycles. The van der Waals surface area contributed by atoms with Crippen LogP contribution in [0.15, 0.2) is 113 Å². The molecule has 0 atom stereocenters. The Morgan fingerprint density at radius 2 is 1.60 bits per heavy atom. The molecule has 6 heteroatoms. The van der Waals surface area contributed by atoms with Crippen molar-refractivity contribution in [1.82, 2.24) is 9.97 Å². The van der Waals surface area contributed by atoms with Crippen molar-refractivity contribution in [1.29, 1.82) is 0 Å². The van der Waals surface area contributed by atoms with E-state index in [1.807, 2.05) is 54.7 Å². The number of nitrogens with zero attached hydrogens (tertiary/aromatic N) is 2. The van der Waals surface area contributed by atoms with Crippen LogP contribution in [-0.4, -0.2) is 20.9 Å².